The van der Waals surface area contributed by atoms with Crippen LogP contribution in [0.15, 0.2) is 23.8 Å². The van der Waals surface area contributed by atoms with Gasteiger partial charge in [0.15, 0.2) is 12.1 Å². The first kappa shape index (κ1) is 13.0. The summed E-state index contributed by atoms with van der Waals surface area (Å²) in [6.07, 6.45) is 9.13. The molecule has 0 aromatic carbocycles. The Hall–Kier alpha value is -1.45. The van der Waals surface area contributed by atoms with Crippen LogP contribution in [0.2, 0.25) is 0 Å². The molecule has 3 nitrogen and oxygen atoms in total. The molecule has 0 amide bonds. The number of piperidine rings is 1. The van der Waals surface area contributed by atoms with Gasteiger partial charge in [0, 0.05) is 19.3 Å². The highest BCUT2D eigenvalue weighted by atomic mass is 19.1. The molecule has 0 spiro atoms. The molecular formula is C14H19FNO2+. The summed E-state index contributed by atoms with van der Waals surface area (Å²) >= 11 is 0. The van der Waals surface area contributed by atoms with E-state index in [0.717, 1.165) is 25.9 Å². The van der Waals surface area contributed by atoms with E-state index in [1.165, 1.54) is 12.5 Å². The zero-order chi connectivity index (χ0) is 13.0. The third-order valence-electron chi connectivity index (χ3n) is 3.48. The molecule has 0 saturated carbocycles. The molecule has 0 radical (unpaired) electrons. The topological polar surface area (TPSA) is 40.3 Å². The number of allylic oxidation sites excluding steroid dienone is 3. The van der Waals surface area contributed by atoms with E-state index < -0.39 is 18.1 Å². The Bertz CT molecular complexity index is 404. The summed E-state index contributed by atoms with van der Waals surface area (Å²) in [5.41, 5.74) is 0.656. The number of carbonyl (C=O) groups is 1. The van der Waals surface area contributed by atoms with Gasteiger partial charge in [0.05, 0.1) is 0 Å². The van der Waals surface area contributed by atoms with Crippen molar-refractivity contribution >= 4 is 12.2 Å². The molecule has 4 heteroatoms. The molecule has 2 atom stereocenters. The monoisotopic (exact) mass is 252 g/mol. The lowest BCUT2D eigenvalue weighted by Gasteiger charge is -2.17. The van der Waals surface area contributed by atoms with Crippen LogP contribution in [-0.4, -0.2) is 41.1 Å². The Labute approximate surface area is 106 Å². The lowest BCUT2D eigenvalue weighted by molar-refractivity contribution is -0.534. The van der Waals surface area contributed by atoms with Gasteiger partial charge in [-0.3, -0.25) is 4.79 Å². The highest BCUT2D eigenvalue weighted by molar-refractivity contribution is 5.90. The molecule has 1 heterocycles. The number of hydrogen-bond donors (Lipinski definition) is 1. The van der Waals surface area contributed by atoms with Gasteiger partial charge in [-0.1, -0.05) is 18.2 Å². The molecular weight excluding hydrogens is 233 g/mol. The molecule has 1 N–H and O–H groups in total. The number of nitrogens with zero attached hydrogens (tertiary/aromatic N) is 1. The number of alkyl halides is 1. The molecule has 0 bridgehead atoms. The average Bonchev–Trinajstić information content (AvgIpc) is 2.37. The maximum atomic E-state index is 13.3. The summed E-state index contributed by atoms with van der Waals surface area (Å²) in [6, 6.07) is 0. The second-order valence-corrected chi connectivity index (χ2v) is 4.91. The zero-order valence-corrected chi connectivity index (χ0v) is 10.4. The van der Waals surface area contributed by atoms with Crippen molar-refractivity contribution in [3.05, 3.63) is 23.8 Å². The summed E-state index contributed by atoms with van der Waals surface area (Å²) in [4.78, 5) is 11.3. The van der Waals surface area contributed by atoms with E-state index >= 15 is 0 Å². The van der Waals surface area contributed by atoms with Crippen molar-refractivity contribution in [2.45, 2.75) is 31.9 Å². The minimum Gasteiger partial charge on any atom is -0.480 e. The molecule has 1 saturated heterocycles. The summed E-state index contributed by atoms with van der Waals surface area (Å²) in [6.45, 7) is 1.82. The predicted molar refractivity (Wildman–Crippen MR) is 67.8 cm³/mol. The smallest absolute Gasteiger partial charge is 0.320 e. The quantitative estimate of drug-likeness (QED) is 0.782. The number of halogens is 1. The fourth-order valence-corrected chi connectivity index (χ4v) is 2.49. The third kappa shape index (κ3) is 3.28. The molecule has 1 aliphatic carbocycles. The lowest BCUT2D eigenvalue weighted by Crippen LogP contribution is -2.29. The van der Waals surface area contributed by atoms with E-state index in [-0.39, 0.29) is 6.42 Å². The molecule has 2 aliphatic rings. The second-order valence-electron chi connectivity index (χ2n) is 4.91. The Kier molecular flexibility index (Phi) is 4.28. The van der Waals surface area contributed by atoms with Crippen molar-refractivity contribution in [3.8, 4) is 0 Å². The number of hydrogen-bond acceptors (Lipinski definition) is 1. The first-order valence-electron chi connectivity index (χ1n) is 6.50. The van der Waals surface area contributed by atoms with Gasteiger partial charge in [-0.25, -0.2) is 8.97 Å². The van der Waals surface area contributed by atoms with Crippen molar-refractivity contribution in [2.24, 2.45) is 5.92 Å². The van der Waals surface area contributed by atoms with Crippen molar-refractivity contribution in [3.63, 3.8) is 0 Å². The number of aliphatic carboxylic acids is 1. The SMILES string of the molecule is O=C(O)C(C=[N+]1CCCCC1)C1=CC=CC(F)C1. The van der Waals surface area contributed by atoms with Gasteiger partial charge in [-0.05, 0) is 12.0 Å². The van der Waals surface area contributed by atoms with Crippen LogP contribution >= 0.6 is 0 Å². The van der Waals surface area contributed by atoms with Crippen LogP contribution in [0.1, 0.15) is 25.7 Å². The van der Waals surface area contributed by atoms with Gasteiger partial charge in [-0.2, -0.15) is 0 Å². The molecule has 0 aromatic rings. The van der Waals surface area contributed by atoms with E-state index in [0.29, 0.717) is 5.57 Å². The van der Waals surface area contributed by atoms with Gasteiger partial charge < -0.3 is 5.11 Å². The van der Waals surface area contributed by atoms with E-state index in [2.05, 4.69) is 4.58 Å². The lowest BCUT2D eigenvalue weighted by atomic mass is 9.91. The second kappa shape index (κ2) is 5.94. The molecule has 98 valence electrons. The Morgan fingerprint density at radius 3 is 2.78 bits per heavy atom. The van der Waals surface area contributed by atoms with Crippen LogP contribution in [0, 0.1) is 5.92 Å². The van der Waals surface area contributed by atoms with Crippen LogP contribution in [-0.2, 0) is 4.79 Å². The van der Waals surface area contributed by atoms with Gasteiger partial charge in [0.2, 0.25) is 0 Å². The highest BCUT2D eigenvalue weighted by Crippen LogP contribution is 2.22. The Morgan fingerprint density at radius 2 is 2.17 bits per heavy atom. The summed E-state index contributed by atoms with van der Waals surface area (Å²) in [7, 11) is 0. The summed E-state index contributed by atoms with van der Waals surface area (Å²) < 4.78 is 15.4. The Balaban J connectivity index is 2.15. The predicted octanol–water partition coefficient (Wildman–Crippen LogP) is 2.18. The number of rotatable bonds is 3. The first-order chi connectivity index (χ1) is 8.66. The van der Waals surface area contributed by atoms with Gasteiger partial charge >= 0.3 is 5.97 Å². The largest absolute Gasteiger partial charge is 0.480 e. The van der Waals surface area contributed by atoms with Crippen molar-refractivity contribution in [2.75, 3.05) is 13.1 Å². The average molecular weight is 252 g/mol. The first-order valence-corrected chi connectivity index (χ1v) is 6.50. The van der Waals surface area contributed by atoms with Crippen molar-refractivity contribution in [1.29, 1.82) is 0 Å². The fourth-order valence-electron chi connectivity index (χ4n) is 2.49. The van der Waals surface area contributed by atoms with E-state index in [9.17, 15) is 14.3 Å². The number of carboxylic acid groups (broad SMARTS) is 1. The molecule has 18 heavy (non-hydrogen) atoms. The standard InChI is InChI=1S/C14H18FNO2/c15-12-6-4-5-11(9-12)13(14(17)18)10-16-7-2-1-3-8-16/h4-6,10,12-13H,1-3,7-9H2/p+1. The van der Waals surface area contributed by atoms with Gasteiger partial charge in [0.25, 0.3) is 0 Å². The molecule has 0 aromatic heterocycles. The maximum absolute atomic E-state index is 13.3. The molecule has 2 unspecified atom stereocenters. The third-order valence-corrected chi connectivity index (χ3v) is 3.48. The zero-order valence-electron chi connectivity index (χ0n) is 10.4. The van der Waals surface area contributed by atoms with Crippen LogP contribution in [0.25, 0.3) is 0 Å². The van der Waals surface area contributed by atoms with Gasteiger partial charge in [0.1, 0.15) is 19.3 Å². The Morgan fingerprint density at radius 1 is 1.44 bits per heavy atom. The van der Waals surface area contributed by atoms with Crippen LogP contribution in [0.3, 0.4) is 0 Å². The number of carboxylic acids is 1. The summed E-state index contributed by atoms with van der Waals surface area (Å²) in [5.74, 6) is -1.58. The van der Waals surface area contributed by atoms with E-state index in [1.54, 1.807) is 18.4 Å². The summed E-state index contributed by atoms with van der Waals surface area (Å²) in [5, 5.41) is 9.30. The van der Waals surface area contributed by atoms with Crippen LogP contribution < -0.4 is 0 Å². The minimum atomic E-state index is -1.05. The van der Waals surface area contributed by atoms with Crippen molar-refractivity contribution in [1.82, 2.24) is 0 Å². The minimum absolute atomic E-state index is 0.192. The maximum Gasteiger partial charge on any atom is 0.320 e. The highest BCUT2D eigenvalue weighted by Gasteiger charge is 2.27. The van der Waals surface area contributed by atoms with Crippen LogP contribution in [0.5, 0.6) is 0 Å². The molecule has 2 rings (SSSR count). The molecule has 1 aliphatic heterocycles. The van der Waals surface area contributed by atoms with Gasteiger partial charge in [-0.15, -0.1) is 0 Å². The van der Waals surface area contributed by atoms with E-state index in [1.807, 2.05) is 0 Å². The van der Waals surface area contributed by atoms with Crippen molar-refractivity contribution < 1.29 is 18.9 Å². The fraction of sp³-hybridized carbons (Fsp3) is 0.571. The van der Waals surface area contributed by atoms with Crippen LogP contribution in [0.4, 0.5) is 4.39 Å². The molecule has 1 fully saturated rings. The normalized spacial score (nSPS) is 25.5. The van der Waals surface area contributed by atoms with E-state index in [4.69, 9.17) is 0 Å².